The number of carboxylic acids is 1. The number of hydrogen-bond donors (Lipinski definition) is 6. The molecule has 6 N–H and O–H groups in total. The van der Waals surface area contributed by atoms with E-state index >= 15 is 0 Å². The summed E-state index contributed by atoms with van der Waals surface area (Å²) in [5.74, 6) is -3.46. The van der Waals surface area contributed by atoms with Gasteiger partial charge in [0.2, 0.25) is 5.79 Å². The lowest BCUT2D eigenvalue weighted by Gasteiger charge is -2.29. The number of aliphatic hydroxyl groups excluding tert-OH is 3. The third-order valence-corrected chi connectivity index (χ3v) is 3.21. The molecule has 0 aliphatic carbocycles. The van der Waals surface area contributed by atoms with Crippen LogP contribution < -0.4 is 5.32 Å². The van der Waals surface area contributed by atoms with Crippen molar-refractivity contribution in [2.45, 2.75) is 44.0 Å². The number of rotatable bonds is 6. The van der Waals surface area contributed by atoms with Gasteiger partial charge >= 0.3 is 5.97 Å². The quantitative estimate of drug-likeness (QED) is 0.313. The molecular weight excluding hydrogens is 258 g/mol. The molecule has 1 heterocycles. The number of carboxylic acid groups (broad SMARTS) is 1. The Labute approximate surface area is 110 Å². The Morgan fingerprint density at radius 3 is 2.37 bits per heavy atom. The van der Waals surface area contributed by atoms with Gasteiger partial charge in [0.1, 0.15) is 24.4 Å². The van der Waals surface area contributed by atoms with Crippen LogP contribution in [0.5, 0.6) is 0 Å². The van der Waals surface area contributed by atoms with Crippen molar-refractivity contribution in [1.29, 1.82) is 0 Å². The third-order valence-electron chi connectivity index (χ3n) is 3.21. The highest BCUT2D eigenvalue weighted by atomic mass is 16.7. The Morgan fingerprint density at radius 2 is 2.00 bits per heavy atom. The highest BCUT2D eigenvalue weighted by molar-refractivity contribution is 5.73. The molecule has 0 saturated carbocycles. The van der Waals surface area contributed by atoms with Crippen molar-refractivity contribution in [2.24, 2.45) is 5.92 Å². The van der Waals surface area contributed by atoms with E-state index in [-0.39, 0.29) is 12.5 Å². The summed E-state index contributed by atoms with van der Waals surface area (Å²) in [7, 11) is 0. The van der Waals surface area contributed by atoms with Gasteiger partial charge in [0.15, 0.2) is 0 Å². The molecule has 8 heteroatoms. The van der Waals surface area contributed by atoms with Crippen LogP contribution in [0.1, 0.15) is 13.8 Å². The van der Waals surface area contributed by atoms with E-state index in [4.69, 9.17) is 14.9 Å². The molecule has 1 saturated heterocycles. The molecule has 1 fully saturated rings. The molecule has 5 unspecified atom stereocenters. The molecule has 112 valence electrons. The standard InChI is InChI=1S/C11H21NO7/c1-5(2)7(10(16)17)12-4-11(18)9(15)8(14)6(3-13)19-11/h5-9,12-15,18H,3-4H2,1-2H3,(H,16,17). The zero-order chi connectivity index (χ0) is 14.8. The maximum atomic E-state index is 11.0. The van der Waals surface area contributed by atoms with Crippen LogP contribution in [0, 0.1) is 5.92 Å². The lowest BCUT2D eigenvalue weighted by atomic mass is 10.0. The molecule has 1 aliphatic heterocycles. The van der Waals surface area contributed by atoms with Crippen molar-refractivity contribution in [2.75, 3.05) is 13.2 Å². The van der Waals surface area contributed by atoms with Crippen molar-refractivity contribution in [1.82, 2.24) is 5.32 Å². The van der Waals surface area contributed by atoms with Gasteiger partial charge in [-0.25, -0.2) is 0 Å². The van der Waals surface area contributed by atoms with Crippen molar-refractivity contribution >= 4 is 5.97 Å². The van der Waals surface area contributed by atoms with E-state index in [0.717, 1.165) is 0 Å². The summed E-state index contributed by atoms with van der Waals surface area (Å²) in [6.07, 6.45) is -4.16. The van der Waals surface area contributed by atoms with E-state index in [1.54, 1.807) is 13.8 Å². The van der Waals surface area contributed by atoms with Gasteiger partial charge in [-0.1, -0.05) is 13.8 Å². The largest absolute Gasteiger partial charge is 0.480 e. The summed E-state index contributed by atoms with van der Waals surface area (Å²) in [6, 6.07) is -0.926. The average molecular weight is 279 g/mol. The van der Waals surface area contributed by atoms with Crippen LogP contribution in [0.15, 0.2) is 0 Å². The van der Waals surface area contributed by atoms with E-state index in [0.29, 0.717) is 0 Å². The molecule has 1 rings (SSSR count). The monoisotopic (exact) mass is 279 g/mol. The first-order chi connectivity index (χ1) is 8.73. The Bertz CT molecular complexity index is 324. The van der Waals surface area contributed by atoms with E-state index in [9.17, 15) is 20.1 Å². The highest BCUT2D eigenvalue weighted by Gasteiger charge is 2.53. The predicted molar refractivity (Wildman–Crippen MR) is 63.2 cm³/mol. The minimum Gasteiger partial charge on any atom is -0.480 e. The summed E-state index contributed by atoms with van der Waals surface area (Å²) in [6.45, 7) is 2.43. The minimum atomic E-state index is -2.13. The van der Waals surface area contributed by atoms with Gasteiger partial charge in [0, 0.05) is 0 Å². The smallest absolute Gasteiger partial charge is 0.320 e. The van der Waals surface area contributed by atoms with Crippen LogP contribution in [0.3, 0.4) is 0 Å². The Balaban J connectivity index is 2.68. The lowest BCUT2D eigenvalue weighted by Crippen LogP contribution is -2.54. The second-order valence-electron chi connectivity index (χ2n) is 5.06. The molecule has 1 aliphatic rings. The van der Waals surface area contributed by atoms with E-state index < -0.39 is 42.7 Å². The molecule has 0 amide bonds. The van der Waals surface area contributed by atoms with Gasteiger partial charge in [-0.3, -0.25) is 10.1 Å². The fraction of sp³-hybridized carbons (Fsp3) is 0.909. The second kappa shape index (κ2) is 6.12. The maximum absolute atomic E-state index is 11.0. The third kappa shape index (κ3) is 3.41. The van der Waals surface area contributed by atoms with Gasteiger partial charge in [0.05, 0.1) is 13.2 Å². The molecule has 19 heavy (non-hydrogen) atoms. The molecule has 0 aromatic carbocycles. The number of nitrogens with one attached hydrogen (secondary N) is 1. The zero-order valence-electron chi connectivity index (χ0n) is 10.9. The van der Waals surface area contributed by atoms with Gasteiger partial charge < -0.3 is 30.3 Å². The predicted octanol–water partition coefficient (Wildman–Crippen LogP) is -2.51. The zero-order valence-corrected chi connectivity index (χ0v) is 10.9. The van der Waals surface area contributed by atoms with Crippen LogP contribution in [-0.4, -0.2) is 74.8 Å². The average Bonchev–Trinajstić information content (AvgIpc) is 2.53. The molecule has 0 bridgehead atoms. The van der Waals surface area contributed by atoms with Crippen molar-refractivity contribution in [3.8, 4) is 0 Å². The van der Waals surface area contributed by atoms with Gasteiger partial charge in [0.25, 0.3) is 0 Å². The molecule has 0 radical (unpaired) electrons. The topological polar surface area (TPSA) is 139 Å². The highest BCUT2D eigenvalue weighted by Crippen LogP contribution is 2.28. The SMILES string of the molecule is CC(C)C(NCC1(O)OC(CO)C(O)C1O)C(=O)O. The van der Waals surface area contributed by atoms with Gasteiger partial charge in [-0.2, -0.15) is 0 Å². The second-order valence-corrected chi connectivity index (χ2v) is 5.06. The maximum Gasteiger partial charge on any atom is 0.320 e. The fourth-order valence-corrected chi connectivity index (χ4v) is 2.03. The summed E-state index contributed by atoms with van der Waals surface area (Å²) in [5, 5.41) is 49.7. The van der Waals surface area contributed by atoms with E-state index in [1.165, 1.54) is 0 Å². The molecule has 5 atom stereocenters. The number of aliphatic carboxylic acids is 1. The van der Waals surface area contributed by atoms with Crippen molar-refractivity contribution in [3.63, 3.8) is 0 Å². The normalized spacial score (nSPS) is 36.7. The van der Waals surface area contributed by atoms with Crippen molar-refractivity contribution in [3.05, 3.63) is 0 Å². The summed E-state index contributed by atoms with van der Waals surface area (Å²) < 4.78 is 4.98. The lowest BCUT2D eigenvalue weighted by molar-refractivity contribution is -0.227. The molecule has 8 nitrogen and oxygen atoms in total. The Kier molecular flexibility index (Phi) is 5.25. The first-order valence-electron chi connectivity index (χ1n) is 6.06. The van der Waals surface area contributed by atoms with Crippen LogP contribution in [-0.2, 0) is 9.53 Å². The van der Waals surface area contributed by atoms with Crippen LogP contribution in [0.25, 0.3) is 0 Å². The van der Waals surface area contributed by atoms with E-state index in [2.05, 4.69) is 5.32 Å². The Hall–Kier alpha value is -0.770. The number of ether oxygens (including phenoxy) is 1. The summed E-state index contributed by atoms with van der Waals surface area (Å²) >= 11 is 0. The van der Waals surface area contributed by atoms with Gasteiger partial charge in [-0.15, -0.1) is 0 Å². The molecule has 0 aromatic heterocycles. The first-order valence-corrected chi connectivity index (χ1v) is 6.06. The summed E-state index contributed by atoms with van der Waals surface area (Å²) in [4.78, 5) is 11.0. The molecular formula is C11H21NO7. The van der Waals surface area contributed by atoms with Crippen molar-refractivity contribution < 1.29 is 35.1 Å². The number of hydrogen-bond acceptors (Lipinski definition) is 7. The number of carbonyl (C=O) groups is 1. The van der Waals surface area contributed by atoms with Crippen LogP contribution in [0.2, 0.25) is 0 Å². The summed E-state index contributed by atoms with van der Waals surface area (Å²) in [5.41, 5.74) is 0. The van der Waals surface area contributed by atoms with Crippen LogP contribution in [0.4, 0.5) is 0 Å². The van der Waals surface area contributed by atoms with E-state index in [1.807, 2.05) is 0 Å². The molecule has 0 aromatic rings. The minimum absolute atomic E-state index is 0.238. The van der Waals surface area contributed by atoms with Gasteiger partial charge in [-0.05, 0) is 5.92 Å². The fourth-order valence-electron chi connectivity index (χ4n) is 2.03. The number of aliphatic hydroxyl groups is 4. The van der Waals surface area contributed by atoms with Crippen LogP contribution >= 0.6 is 0 Å². The molecule has 0 spiro atoms. The first kappa shape index (κ1) is 16.3. The Morgan fingerprint density at radius 1 is 1.42 bits per heavy atom.